The van der Waals surface area contributed by atoms with E-state index in [1.165, 1.54) is 6.07 Å². The number of esters is 1. The Labute approximate surface area is 143 Å². The number of carbonyl (C=O) groups is 1. The lowest BCUT2D eigenvalue weighted by Gasteiger charge is -2.35. The minimum Gasteiger partial charge on any atom is -0.458 e. The number of halogens is 3. The summed E-state index contributed by atoms with van der Waals surface area (Å²) in [5, 5.41) is 0.513. The monoisotopic (exact) mass is 381 g/mol. The molecule has 0 radical (unpaired) electrons. The lowest BCUT2D eigenvalue weighted by atomic mass is 9.94. The van der Waals surface area contributed by atoms with Crippen molar-refractivity contribution in [3.8, 4) is 0 Å². The quantitative estimate of drug-likeness (QED) is 0.592. The highest BCUT2D eigenvalue weighted by molar-refractivity contribution is 7.87. The number of alkyl halides is 3. The Morgan fingerprint density at radius 3 is 2.36 bits per heavy atom. The van der Waals surface area contributed by atoms with Crippen molar-refractivity contribution >= 4 is 16.1 Å². The van der Waals surface area contributed by atoms with Crippen LogP contribution in [0.3, 0.4) is 0 Å². The van der Waals surface area contributed by atoms with Crippen LogP contribution in [0, 0.1) is 0 Å². The fraction of sp³-hybridized carbons (Fsp3) is 0.533. The lowest BCUT2D eigenvalue weighted by Crippen LogP contribution is -2.45. The van der Waals surface area contributed by atoms with Crippen LogP contribution in [-0.2, 0) is 30.4 Å². The maximum atomic E-state index is 12.6. The highest BCUT2D eigenvalue weighted by Gasteiger charge is 2.51. The van der Waals surface area contributed by atoms with Crippen molar-refractivity contribution in [2.75, 3.05) is 6.54 Å². The lowest BCUT2D eigenvalue weighted by molar-refractivity contribution is -0.182. The third-order valence-corrected chi connectivity index (χ3v) is 4.30. The summed E-state index contributed by atoms with van der Waals surface area (Å²) in [4.78, 5) is 12.5. The van der Waals surface area contributed by atoms with Gasteiger partial charge in [0.1, 0.15) is 5.60 Å². The van der Waals surface area contributed by atoms with Crippen molar-refractivity contribution < 1.29 is 35.4 Å². The van der Waals surface area contributed by atoms with E-state index in [2.05, 4.69) is 4.28 Å². The van der Waals surface area contributed by atoms with Gasteiger partial charge in [-0.3, -0.25) is 0 Å². The van der Waals surface area contributed by atoms with Crippen LogP contribution in [0.1, 0.15) is 37.9 Å². The topological polar surface area (TPSA) is 72.9 Å². The second-order valence-electron chi connectivity index (χ2n) is 6.50. The number of fused-ring (bicyclic) bond motifs is 1. The van der Waals surface area contributed by atoms with E-state index >= 15 is 0 Å². The van der Waals surface area contributed by atoms with Crippen molar-refractivity contribution in [3.05, 3.63) is 35.4 Å². The Hall–Kier alpha value is -1.65. The van der Waals surface area contributed by atoms with Crippen LogP contribution in [-0.4, -0.2) is 37.1 Å². The second kappa shape index (κ2) is 6.58. The molecule has 0 N–H and O–H groups in total. The maximum Gasteiger partial charge on any atom is 0.524 e. The molecule has 140 valence electrons. The van der Waals surface area contributed by atoms with Crippen LogP contribution in [0.25, 0.3) is 0 Å². The van der Waals surface area contributed by atoms with Crippen molar-refractivity contribution in [1.82, 2.24) is 5.06 Å². The summed E-state index contributed by atoms with van der Waals surface area (Å²) in [5.41, 5.74) is -5.44. The average Bonchev–Trinajstić information content (AvgIpc) is 2.43. The molecule has 0 amide bonds. The van der Waals surface area contributed by atoms with Crippen LogP contribution in [0.5, 0.6) is 0 Å². The summed E-state index contributed by atoms with van der Waals surface area (Å²) < 4.78 is 70.0. The molecule has 1 heterocycles. The Bertz CT molecular complexity index is 755. The zero-order chi connectivity index (χ0) is 19.0. The summed E-state index contributed by atoms with van der Waals surface area (Å²) in [6, 6.07) is 5.13. The fourth-order valence-corrected chi connectivity index (χ4v) is 2.89. The molecule has 2 rings (SSSR count). The molecule has 1 aliphatic heterocycles. The zero-order valence-electron chi connectivity index (χ0n) is 13.8. The first-order valence-corrected chi connectivity index (χ1v) is 8.81. The fourth-order valence-electron chi connectivity index (χ4n) is 2.39. The first-order valence-electron chi connectivity index (χ1n) is 7.40. The van der Waals surface area contributed by atoms with Gasteiger partial charge in [-0.2, -0.15) is 30.9 Å². The smallest absolute Gasteiger partial charge is 0.458 e. The zero-order valence-corrected chi connectivity index (χ0v) is 14.6. The van der Waals surface area contributed by atoms with Crippen molar-refractivity contribution in [1.29, 1.82) is 0 Å². The van der Waals surface area contributed by atoms with Crippen molar-refractivity contribution in [2.45, 2.75) is 44.3 Å². The number of carbonyl (C=O) groups excluding carboxylic acids is 1. The Kier molecular flexibility index (Phi) is 5.18. The predicted molar refractivity (Wildman–Crippen MR) is 81.5 cm³/mol. The first kappa shape index (κ1) is 19.7. The molecular weight excluding hydrogens is 363 g/mol. The van der Waals surface area contributed by atoms with Gasteiger partial charge < -0.3 is 4.74 Å². The first-order chi connectivity index (χ1) is 11.3. The molecule has 0 spiro atoms. The van der Waals surface area contributed by atoms with Gasteiger partial charge in [-0.1, -0.05) is 24.3 Å². The van der Waals surface area contributed by atoms with Crippen molar-refractivity contribution in [2.24, 2.45) is 0 Å². The molecule has 6 nitrogen and oxygen atoms in total. The van der Waals surface area contributed by atoms with E-state index in [4.69, 9.17) is 4.74 Å². The molecule has 1 aromatic rings. The summed E-state index contributed by atoms with van der Waals surface area (Å²) >= 11 is 0. The molecule has 0 fully saturated rings. The van der Waals surface area contributed by atoms with Crippen LogP contribution < -0.4 is 0 Å². The molecule has 0 saturated carbocycles. The summed E-state index contributed by atoms with van der Waals surface area (Å²) in [6.07, 6.45) is 0.225. The Balaban J connectivity index is 2.40. The highest BCUT2D eigenvalue weighted by Crippen LogP contribution is 2.35. The van der Waals surface area contributed by atoms with E-state index in [0.29, 0.717) is 16.2 Å². The van der Waals surface area contributed by atoms with Gasteiger partial charge in [0, 0.05) is 6.54 Å². The van der Waals surface area contributed by atoms with Gasteiger partial charge in [0.25, 0.3) is 0 Å². The molecule has 1 aromatic carbocycles. The minimum absolute atomic E-state index is 0.212. The van der Waals surface area contributed by atoms with E-state index < -0.39 is 33.2 Å². The van der Waals surface area contributed by atoms with Crippen LogP contribution in [0.15, 0.2) is 24.3 Å². The third kappa shape index (κ3) is 4.50. The summed E-state index contributed by atoms with van der Waals surface area (Å²) in [6.45, 7) is 4.57. The molecule has 0 saturated heterocycles. The predicted octanol–water partition coefficient (Wildman–Crippen LogP) is 2.71. The molecule has 0 unspecified atom stereocenters. The van der Waals surface area contributed by atoms with Crippen molar-refractivity contribution in [3.63, 3.8) is 0 Å². The number of hydroxylamine groups is 2. The largest absolute Gasteiger partial charge is 0.524 e. The second-order valence-corrected chi connectivity index (χ2v) is 8.02. The number of benzene rings is 1. The number of ether oxygens (including phenoxy) is 1. The Morgan fingerprint density at radius 2 is 1.80 bits per heavy atom. The third-order valence-electron chi connectivity index (χ3n) is 3.35. The Morgan fingerprint density at radius 1 is 1.20 bits per heavy atom. The van der Waals surface area contributed by atoms with Crippen LogP contribution in [0.4, 0.5) is 13.2 Å². The van der Waals surface area contributed by atoms with Gasteiger partial charge in [-0.25, -0.2) is 4.79 Å². The number of nitrogens with zero attached hydrogens (tertiary/aromatic N) is 1. The average molecular weight is 381 g/mol. The maximum absolute atomic E-state index is 12.6. The van der Waals surface area contributed by atoms with Gasteiger partial charge in [0.15, 0.2) is 6.04 Å². The molecule has 1 atom stereocenters. The normalized spacial score (nSPS) is 19.4. The van der Waals surface area contributed by atoms with E-state index in [9.17, 15) is 26.4 Å². The van der Waals surface area contributed by atoms with Gasteiger partial charge in [0.2, 0.25) is 0 Å². The summed E-state index contributed by atoms with van der Waals surface area (Å²) in [7, 11) is -5.89. The van der Waals surface area contributed by atoms with Gasteiger partial charge in [-0.05, 0) is 38.3 Å². The van der Waals surface area contributed by atoms with E-state index in [0.717, 1.165) is 0 Å². The number of hydrogen-bond donors (Lipinski definition) is 0. The standard InChI is InChI=1S/C15H18F3NO5S/c1-14(2,3)23-13(20)12-11-7-5-4-6-10(11)8-9-19(12)24-25(21,22)15(16,17)18/h4-7,12H,8-9H2,1-3H3/t12-/m0/s1. The van der Waals surface area contributed by atoms with E-state index in [1.54, 1.807) is 39.0 Å². The summed E-state index contributed by atoms with van der Waals surface area (Å²) in [5.74, 6) is -0.892. The van der Waals surface area contributed by atoms with Crippen LogP contribution >= 0.6 is 0 Å². The molecule has 0 aliphatic carbocycles. The van der Waals surface area contributed by atoms with E-state index in [-0.39, 0.29) is 13.0 Å². The number of hydrogen-bond acceptors (Lipinski definition) is 6. The molecule has 0 bridgehead atoms. The molecule has 10 heteroatoms. The minimum atomic E-state index is -5.89. The SMILES string of the molecule is CC(C)(C)OC(=O)[C@@H]1c2ccccc2CCN1OS(=O)(=O)C(F)(F)F. The molecular formula is C15H18F3NO5S. The molecule has 1 aliphatic rings. The van der Waals surface area contributed by atoms with Gasteiger partial charge in [0.05, 0.1) is 0 Å². The molecule has 25 heavy (non-hydrogen) atoms. The van der Waals surface area contributed by atoms with Gasteiger partial charge >= 0.3 is 21.6 Å². The van der Waals surface area contributed by atoms with Gasteiger partial charge in [-0.15, -0.1) is 0 Å². The van der Waals surface area contributed by atoms with E-state index in [1.807, 2.05) is 0 Å². The number of rotatable bonds is 3. The highest BCUT2D eigenvalue weighted by atomic mass is 32.2. The molecule has 0 aromatic heterocycles. The van der Waals surface area contributed by atoms with Crippen LogP contribution in [0.2, 0.25) is 0 Å².